The van der Waals surface area contributed by atoms with Gasteiger partial charge in [-0.3, -0.25) is 9.69 Å². The van der Waals surface area contributed by atoms with Gasteiger partial charge in [0.15, 0.2) is 5.78 Å². The summed E-state index contributed by atoms with van der Waals surface area (Å²) in [5, 5.41) is 1.07. The quantitative estimate of drug-likeness (QED) is 0.806. The van der Waals surface area contributed by atoms with Crippen LogP contribution in [0, 0.1) is 0 Å². The fourth-order valence-electron chi connectivity index (χ4n) is 2.61. The second-order valence-electron chi connectivity index (χ2n) is 6.00. The van der Waals surface area contributed by atoms with Crippen molar-refractivity contribution in [2.24, 2.45) is 0 Å². The standard InChI is InChI=1S/C16H21Cl2NO/c1-11(2)19(3)10-15(20)16(7-4-8-16)12-5-6-13(17)14(18)9-12/h5-6,9,11H,4,7-8,10H2,1-3H3. The van der Waals surface area contributed by atoms with E-state index in [1.54, 1.807) is 6.07 Å². The Hall–Kier alpha value is -0.570. The van der Waals surface area contributed by atoms with Crippen LogP contribution in [0.4, 0.5) is 0 Å². The van der Waals surface area contributed by atoms with Crippen LogP contribution < -0.4 is 0 Å². The summed E-state index contributed by atoms with van der Waals surface area (Å²) in [6.45, 7) is 4.68. The molecule has 1 aromatic rings. The lowest BCUT2D eigenvalue weighted by Gasteiger charge is -2.42. The van der Waals surface area contributed by atoms with Gasteiger partial charge < -0.3 is 0 Å². The van der Waals surface area contributed by atoms with E-state index in [9.17, 15) is 4.79 Å². The molecule has 4 heteroatoms. The van der Waals surface area contributed by atoms with E-state index >= 15 is 0 Å². The number of hydrogen-bond donors (Lipinski definition) is 0. The first-order valence-electron chi connectivity index (χ1n) is 7.06. The van der Waals surface area contributed by atoms with Crippen molar-refractivity contribution in [3.8, 4) is 0 Å². The molecular weight excluding hydrogens is 293 g/mol. The molecule has 0 aromatic heterocycles. The molecule has 20 heavy (non-hydrogen) atoms. The van der Waals surface area contributed by atoms with E-state index in [1.807, 2.05) is 19.2 Å². The van der Waals surface area contributed by atoms with Crippen LogP contribution in [-0.2, 0) is 10.2 Å². The van der Waals surface area contributed by atoms with Crippen molar-refractivity contribution in [1.29, 1.82) is 0 Å². The Morgan fingerprint density at radius 1 is 1.30 bits per heavy atom. The van der Waals surface area contributed by atoms with Gasteiger partial charge >= 0.3 is 0 Å². The third-order valence-electron chi connectivity index (χ3n) is 4.49. The van der Waals surface area contributed by atoms with Crippen molar-refractivity contribution < 1.29 is 4.79 Å². The number of carbonyl (C=O) groups excluding carboxylic acids is 1. The van der Waals surface area contributed by atoms with Crippen LogP contribution in [0.1, 0.15) is 38.7 Å². The fourth-order valence-corrected chi connectivity index (χ4v) is 2.91. The normalized spacial score (nSPS) is 17.4. The Morgan fingerprint density at radius 3 is 2.40 bits per heavy atom. The molecule has 1 aliphatic carbocycles. The van der Waals surface area contributed by atoms with Gasteiger partial charge in [0.05, 0.1) is 22.0 Å². The zero-order valence-electron chi connectivity index (χ0n) is 12.2. The molecule has 110 valence electrons. The molecule has 2 rings (SSSR count). The number of rotatable bonds is 5. The summed E-state index contributed by atoms with van der Waals surface area (Å²) in [6.07, 6.45) is 2.92. The monoisotopic (exact) mass is 313 g/mol. The SMILES string of the molecule is CC(C)N(C)CC(=O)C1(c2ccc(Cl)c(Cl)c2)CCC1. The van der Waals surface area contributed by atoms with Crippen LogP contribution >= 0.6 is 23.2 Å². The summed E-state index contributed by atoms with van der Waals surface area (Å²) < 4.78 is 0. The largest absolute Gasteiger partial charge is 0.297 e. The summed E-state index contributed by atoms with van der Waals surface area (Å²) in [5.41, 5.74) is 0.664. The number of Topliss-reactive ketones (excluding diaryl/α,β-unsaturated/α-hetero) is 1. The molecule has 0 unspecified atom stereocenters. The van der Waals surface area contributed by atoms with Crippen molar-refractivity contribution in [1.82, 2.24) is 4.90 Å². The van der Waals surface area contributed by atoms with E-state index in [4.69, 9.17) is 23.2 Å². The second kappa shape index (κ2) is 6.05. The molecule has 0 N–H and O–H groups in total. The molecule has 0 spiro atoms. The molecule has 0 heterocycles. The topological polar surface area (TPSA) is 20.3 Å². The van der Waals surface area contributed by atoms with E-state index in [0.29, 0.717) is 28.4 Å². The Bertz CT molecular complexity index is 509. The molecule has 0 aliphatic heterocycles. The molecule has 0 saturated heterocycles. The second-order valence-corrected chi connectivity index (χ2v) is 6.81. The third-order valence-corrected chi connectivity index (χ3v) is 5.23. The molecule has 1 aromatic carbocycles. The molecule has 1 aliphatic rings. The minimum atomic E-state index is -0.350. The van der Waals surface area contributed by atoms with Crippen molar-refractivity contribution >= 4 is 29.0 Å². The molecular formula is C16H21Cl2NO. The van der Waals surface area contributed by atoms with Crippen LogP contribution in [0.5, 0.6) is 0 Å². The van der Waals surface area contributed by atoms with E-state index in [2.05, 4.69) is 18.7 Å². The van der Waals surface area contributed by atoms with E-state index in [1.165, 1.54) is 0 Å². The van der Waals surface area contributed by atoms with E-state index in [0.717, 1.165) is 24.8 Å². The number of benzene rings is 1. The third kappa shape index (κ3) is 2.88. The Kier molecular flexibility index (Phi) is 4.78. The number of nitrogens with zero attached hydrogens (tertiary/aromatic N) is 1. The zero-order valence-corrected chi connectivity index (χ0v) is 13.8. The molecule has 0 bridgehead atoms. The van der Waals surface area contributed by atoms with Gasteiger partial charge in [-0.2, -0.15) is 0 Å². The lowest BCUT2D eigenvalue weighted by Crippen LogP contribution is -2.48. The highest BCUT2D eigenvalue weighted by Gasteiger charge is 2.45. The summed E-state index contributed by atoms with van der Waals surface area (Å²) in [6, 6.07) is 5.96. The minimum absolute atomic E-state index is 0.290. The number of carbonyl (C=O) groups is 1. The van der Waals surface area contributed by atoms with E-state index in [-0.39, 0.29) is 5.41 Å². The van der Waals surface area contributed by atoms with Gasteiger partial charge in [0.25, 0.3) is 0 Å². The highest BCUT2D eigenvalue weighted by atomic mass is 35.5. The first-order valence-corrected chi connectivity index (χ1v) is 7.81. The minimum Gasteiger partial charge on any atom is -0.297 e. The van der Waals surface area contributed by atoms with Crippen LogP contribution in [0.25, 0.3) is 0 Å². The van der Waals surface area contributed by atoms with Gasteiger partial charge in [-0.15, -0.1) is 0 Å². The molecule has 1 fully saturated rings. The van der Waals surface area contributed by atoms with Crippen LogP contribution in [-0.4, -0.2) is 30.3 Å². The summed E-state index contributed by atoms with van der Waals surface area (Å²) in [4.78, 5) is 14.8. The predicted octanol–water partition coefficient (Wildman–Crippen LogP) is 4.32. The van der Waals surface area contributed by atoms with Gasteiger partial charge in [0, 0.05) is 6.04 Å². The summed E-state index contributed by atoms with van der Waals surface area (Å²) in [5.74, 6) is 0.290. The molecule has 0 radical (unpaired) electrons. The number of likely N-dealkylation sites (N-methyl/N-ethyl adjacent to an activating group) is 1. The van der Waals surface area contributed by atoms with Crippen molar-refractivity contribution in [2.45, 2.75) is 44.6 Å². The van der Waals surface area contributed by atoms with Crippen LogP contribution in [0.2, 0.25) is 10.0 Å². The molecule has 2 nitrogen and oxygen atoms in total. The maximum Gasteiger partial charge on any atom is 0.157 e. The maximum atomic E-state index is 12.7. The van der Waals surface area contributed by atoms with Gasteiger partial charge in [0.1, 0.15) is 0 Å². The lowest BCUT2D eigenvalue weighted by atomic mass is 9.62. The predicted molar refractivity (Wildman–Crippen MR) is 84.8 cm³/mol. The maximum absolute atomic E-state index is 12.7. The number of halogens is 2. The summed E-state index contributed by atoms with van der Waals surface area (Å²) in [7, 11) is 1.99. The Labute approximate surface area is 131 Å². The van der Waals surface area contributed by atoms with Crippen LogP contribution in [0.15, 0.2) is 18.2 Å². The first-order chi connectivity index (χ1) is 9.36. The average Bonchev–Trinajstić information content (AvgIpc) is 2.32. The summed E-state index contributed by atoms with van der Waals surface area (Å²) >= 11 is 12.1. The van der Waals surface area contributed by atoms with E-state index < -0.39 is 0 Å². The first kappa shape index (κ1) is 15.8. The average molecular weight is 314 g/mol. The van der Waals surface area contributed by atoms with Gasteiger partial charge in [-0.1, -0.05) is 35.7 Å². The Balaban J connectivity index is 2.25. The van der Waals surface area contributed by atoms with Gasteiger partial charge in [0.2, 0.25) is 0 Å². The highest BCUT2D eigenvalue weighted by Crippen LogP contribution is 2.45. The van der Waals surface area contributed by atoms with Gasteiger partial charge in [-0.25, -0.2) is 0 Å². The molecule has 1 saturated carbocycles. The molecule has 0 atom stereocenters. The highest BCUT2D eigenvalue weighted by molar-refractivity contribution is 6.42. The smallest absolute Gasteiger partial charge is 0.157 e. The lowest BCUT2D eigenvalue weighted by molar-refractivity contribution is -0.129. The Morgan fingerprint density at radius 2 is 1.95 bits per heavy atom. The number of ketones is 1. The zero-order chi connectivity index (χ0) is 14.9. The van der Waals surface area contributed by atoms with Crippen molar-refractivity contribution in [3.63, 3.8) is 0 Å². The van der Waals surface area contributed by atoms with Crippen molar-refractivity contribution in [3.05, 3.63) is 33.8 Å². The van der Waals surface area contributed by atoms with Crippen molar-refractivity contribution in [2.75, 3.05) is 13.6 Å². The van der Waals surface area contributed by atoms with Gasteiger partial charge in [-0.05, 0) is 51.4 Å². The van der Waals surface area contributed by atoms with Crippen LogP contribution in [0.3, 0.4) is 0 Å². The number of hydrogen-bond acceptors (Lipinski definition) is 2. The molecule has 0 amide bonds. The fraction of sp³-hybridized carbons (Fsp3) is 0.562.